The van der Waals surface area contributed by atoms with Gasteiger partial charge in [0.15, 0.2) is 0 Å². The van der Waals surface area contributed by atoms with E-state index in [0.29, 0.717) is 55.3 Å². The van der Waals surface area contributed by atoms with Crippen molar-refractivity contribution in [1.29, 1.82) is 0 Å². The van der Waals surface area contributed by atoms with Crippen LogP contribution in [0.25, 0.3) is 0 Å². The molecule has 11 heteroatoms. The number of ketones is 1. The molecule has 0 bridgehead atoms. The van der Waals surface area contributed by atoms with E-state index >= 15 is 0 Å². The molecule has 11 nitrogen and oxygen atoms in total. The molecule has 0 radical (unpaired) electrons. The zero-order valence-corrected chi connectivity index (χ0v) is 27.7. The Morgan fingerprint density at radius 1 is 0.957 bits per heavy atom. The second-order valence-corrected chi connectivity index (χ2v) is 13.7. The van der Waals surface area contributed by atoms with Gasteiger partial charge < -0.3 is 26.2 Å². The molecule has 1 spiro atoms. The van der Waals surface area contributed by atoms with Crippen LogP contribution in [0.5, 0.6) is 0 Å². The molecular weight excluding hydrogens is 596 g/mol. The predicted molar refractivity (Wildman–Crippen MR) is 180 cm³/mol. The van der Waals surface area contributed by atoms with Crippen LogP contribution < -0.4 is 21.3 Å². The summed E-state index contributed by atoms with van der Waals surface area (Å²) in [6, 6.07) is 9.82. The normalized spacial score (nSPS) is 26.0. The highest BCUT2D eigenvalue weighted by Crippen LogP contribution is 2.61. The highest BCUT2D eigenvalue weighted by atomic mass is 16.2. The van der Waals surface area contributed by atoms with Crippen LogP contribution in [0.2, 0.25) is 0 Å². The smallest absolute Gasteiger partial charge is 0.294 e. The lowest BCUT2D eigenvalue weighted by molar-refractivity contribution is -0.141. The molecule has 3 aliphatic rings. The van der Waals surface area contributed by atoms with Gasteiger partial charge >= 0.3 is 0 Å². The summed E-state index contributed by atoms with van der Waals surface area (Å²) in [6.07, 6.45) is 8.68. The van der Waals surface area contributed by atoms with E-state index < -0.39 is 35.7 Å². The number of amides is 4. The third-order valence-electron chi connectivity index (χ3n) is 10.0. The molecule has 2 aliphatic heterocycles. The number of carbonyl (C=O) groups is 5. The first-order valence-electron chi connectivity index (χ1n) is 17.1. The fourth-order valence-electron chi connectivity index (χ4n) is 7.18. The Morgan fingerprint density at radius 3 is 2.34 bits per heavy atom. The van der Waals surface area contributed by atoms with E-state index in [1.807, 2.05) is 32.0 Å². The van der Waals surface area contributed by atoms with Crippen LogP contribution >= 0.6 is 0 Å². The maximum Gasteiger partial charge on any atom is 0.294 e. The van der Waals surface area contributed by atoms with Gasteiger partial charge in [0.2, 0.25) is 23.5 Å². The molecule has 2 fully saturated rings. The van der Waals surface area contributed by atoms with Crippen molar-refractivity contribution in [2.45, 2.75) is 103 Å². The zero-order valence-electron chi connectivity index (χ0n) is 27.7. The third kappa shape index (κ3) is 8.18. The number of benzene rings is 1. The molecule has 1 saturated heterocycles. The summed E-state index contributed by atoms with van der Waals surface area (Å²) in [7, 11) is 0. The van der Waals surface area contributed by atoms with Gasteiger partial charge in [-0.05, 0) is 67.2 Å². The monoisotopic (exact) mass is 644 g/mol. The van der Waals surface area contributed by atoms with Gasteiger partial charge in [-0.3, -0.25) is 24.0 Å². The lowest BCUT2D eigenvalue weighted by Gasteiger charge is -2.31. The van der Waals surface area contributed by atoms with Crippen LogP contribution in [0.15, 0.2) is 48.7 Å². The number of anilines is 3. The number of rotatable bonds is 7. The SMILES string of the molecule is CC[C@H]1CC12C[C@@H](C(=O)N[C@@H]1CCCCCCCC(=O)Nc3ccccc3NC(=O)C1=O)N(C(=O)C(Nc1ccccn1)C(C)C)C2. The van der Waals surface area contributed by atoms with Crippen molar-refractivity contribution in [2.75, 3.05) is 22.5 Å². The zero-order chi connectivity index (χ0) is 33.6. The third-order valence-corrected chi connectivity index (χ3v) is 10.0. The fraction of sp³-hybridized carbons (Fsp3) is 0.556. The minimum Gasteiger partial charge on any atom is -0.358 e. The number of Topliss-reactive ketones (excluding diaryl/α,β-unsaturated/α-hetero) is 1. The van der Waals surface area contributed by atoms with Crippen molar-refractivity contribution in [3.63, 3.8) is 0 Å². The molecule has 252 valence electrons. The largest absolute Gasteiger partial charge is 0.358 e. The van der Waals surface area contributed by atoms with Crippen LogP contribution in [0.3, 0.4) is 0 Å². The van der Waals surface area contributed by atoms with E-state index in [1.165, 1.54) is 0 Å². The second kappa shape index (κ2) is 15.1. The molecule has 2 aromatic rings. The Labute approximate surface area is 277 Å². The molecule has 1 saturated carbocycles. The highest BCUT2D eigenvalue weighted by molar-refractivity contribution is 6.43. The molecule has 1 aromatic heterocycles. The first kappa shape index (κ1) is 34.1. The van der Waals surface area contributed by atoms with Crippen molar-refractivity contribution in [1.82, 2.24) is 15.2 Å². The van der Waals surface area contributed by atoms with Crippen molar-refractivity contribution in [2.24, 2.45) is 17.3 Å². The van der Waals surface area contributed by atoms with Gasteiger partial charge in [-0.2, -0.15) is 0 Å². The molecule has 5 rings (SSSR count). The Bertz CT molecular complexity index is 1460. The number of fused-ring (bicyclic) bond motifs is 1. The Morgan fingerprint density at radius 2 is 1.66 bits per heavy atom. The number of nitrogens with zero attached hydrogens (tertiary/aromatic N) is 2. The van der Waals surface area contributed by atoms with E-state index in [4.69, 9.17) is 0 Å². The predicted octanol–water partition coefficient (Wildman–Crippen LogP) is 4.91. The average Bonchev–Trinajstić information content (AvgIpc) is 3.61. The van der Waals surface area contributed by atoms with E-state index in [1.54, 1.807) is 35.4 Å². The summed E-state index contributed by atoms with van der Waals surface area (Å²) in [6.45, 7) is 6.54. The standard InChI is InChI=1S/C36H48N6O5/c1-4-24-20-36(24)21-28(42(22-36)35(47)31(23(2)3)41-29-17-12-13-19-37-29)33(45)40-27-16-8-6-5-7-9-18-30(43)38-25-14-10-11-15-26(25)39-34(46)32(27)44/h10-15,17,19,23-24,27-28,31H,4-9,16,18,20-22H2,1-3H3,(H,37,41)(H,38,43)(H,39,46)(H,40,45)/t24-,27+,28-,31?,36?/m0/s1. The average molecular weight is 645 g/mol. The van der Waals surface area contributed by atoms with Crippen molar-refractivity contribution >= 4 is 46.6 Å². The molecular formula is C36H48N6O5. The molecule has 5 atom stereocenters. The summed E-state index contributed by atoms with van der Waals surface area (Å²) in [5.41, 5.74) is 0.609. The topological polar surface area (TPSA) is 150 Å². The van der Waals surface area contributed by atoms with E-state index in [9.17, 15) is 24.0 Å². The molecule has 2 unspecified atom stereocenters. The molecule has 3 heterocycles. The van der Waals surface area contributed by atoms with Crippen LogP contribution in [0.4, 0.5) is 17.2 Å². The van der Waals surface area contributed by atoms with Gasteiger partial charge in [0.1, 0.15) is 17.9 Å². The number of hydrogen-bond acceptors (Lipinski definition) is 7. The van der Waals surface area contributed by atoms with Crippen LogP contribution in [-0.4, -0.2) is 64.0 Å². The van der Waals surface area contributed by atoms with Crippen molar-refractivity contribution in [3.8, 4) is 0 Å². The number of pyridine rings is 1. The van der Waals surface area contributed by atoms with Gasteiger partial charge in [0, 0.05) is 19.2 Å². The van der Waals surface area contributed by atoms with E-state index in [0.717, 1.165) is 38.5 Å². The maximum atomic E-state index is 14.2. The minimum absolute atomic E-state index is 0.0762. The quantitative estimate of drug-likeness (QED) is 0.313. The lowest BCUT2D eigenvalue weighted by Crippen LogP contribution is -2.55. The van der Waals surface area contributed by atoms with Crippen LogP contribution in [-0.2, 0) is 24.0 Å². The fourth-order valence-corrected chi connectivity index (χ4v) is 7.18. The summed E-state index contributed by atoms with van der Waals surface area (Å²) in [5, 5.41) is 11.7. The van der Waals surface area contributed by atoms with Gasteiger partial charge in [-0.15, -0.1) is 0 Å². The van der Waals surface area contributed by atoms with Crippen LogP contribution in [0.1, 0.15) is 85.0 Å². The van der Waals surface area contributed by atoms with Crippen molar-refractivity contribution < 1.29 is 24.0 Å². The number of likely N-dealkylation sites (tertiary alicyclic amines) is 1. The summed E-state index contributed by atoms with van der Waals surface area (Å²) in [5.74, 6) is -1.41. The minimum atomic E-state index is -1.04. The number of para-hydroxylation sites is 2. The Hall–Kier alpha value is -4.28. The first-order chi connectivity index (χ1) is 22.6. The highest BCUT2D eigenvalue weighted by Gasteiger charge is 2.61. The lowest BCUT2D eigenvalue weighted by atomic mass is 9.97. The maximum absolute atomic E-state index is 14.2. The summed E-state index contributed by atoms with van der Waals surface area (Å²) in [4.78, 5) is 73.8. The van der Waals surface area contributed by atoms with Gasteiger partial charge in [0.05, 0.1) is 17.4 Å². The van der Waals surface area contributed by atoms with Gasteiger partial charge in [-0.25, -0.2) is 4.98 Å². The number of aromatic nitrogens is 1. The first-order valence-corrected chi connectivity index (χ1v) is 17.1. The number of carbonyl (C=O) groups excluding carboxylic acids is 5. The van der Waals surface area contributed by atoms with Crippen molar-refractivity contribution in [3.05, 3.63) is 48.7 Å². The summed E-state index contributed by atoms with van der Waals surface area (Å²) < 4.78 is 0. The second-order valence-electron chi connectivity index (χ2n) is 13.7. The molecule has 1 aromatic carbocycles. The van der Waals surface area contributed by atoms with Gasteiger partial charge in [0.25, 0.3) is 5.91 Å². The Balaban J connectivity index is 1.36. The van der Waals surface area contributed by atoms with E-state index in [-0.39, 0.29) is 23.1 Å². The molecule has 4 amide bonds. The van der Waals surface area contributed by atoms with Crippen LogP contribution in [0, 0.1) is 17.3 Å². The number of nitrogens with one attached hydrogen (secondary N) is 4. The molecule has 47 heavy (non-hydrogen) atoms. The molecule has 1 aliphatic carbocycles. The Kier molecular flexibility index (Phi) is 10.9. The number of hydrogen-bond donors (Lipinski definition) is 4. The van der Waals surface area contributed by atoms with Gasteiger partial charge in [-0.1, -0.05) is 71.1 Å². The molecule has 4 N–H and O–H groups in total. The summed E-state index contributed by atoms with van der Waals surface area (Å²) >= 11 is 0. The van der Waals surface area contributed by atoms with E-state index in [2.05, 4.69) is 33.2 Å².